The largest absolute Gasteiger partial charge is 0.497 e. The Labute approximate surface area is 176 Å². The van der Waals surface area contributed by atoms with Gasteiger partial charge in [0.1, 0.15) is 10.6 Å². The number of carbonyl (C=O) groups excluding carboxylic acids is 1. The standard InChI is InChI=1S/C20H23N5O4S/c1-12(2)25-18(26)16-15(21-20(25)28)17(30-22-16)19(27)24-9-7-23(8-10-24)13-5-4-6-14(11-13)29-3/h4-6,11-12H,7-10H2,1-3H3,(H,21,28). The van der Waals surface area contributed by atoms with Crippen molar-refractivity contribution in [3.63, 3.8) is 0 Å². The Morgan fingerprint density at radius 3 is 2.60 bits per heavy atom. The zero-order chi connectivity index (χ0) is 21.4. The van der Waals surface area contributed by atoms with Crippen LogP contribution in [0.2, 0.25) is 0 Å². The Morgan fingerprint density at radius 2 is 1.93 bits per heavy atom. The van der Waals surface area contributed by atoms with Gasteiger partial charge in [0.05, 0.1) is 12.6 Å². The van der Waals surface area contributed by atoms with E-state index in [-0.39, 0.29) is 23.0 Å². The van der Waals surface area contributed by atoms with Crippen LogP contribution in [0, 0.1) is 0 Å². The van der Waals surface area contributed by atoms with Crippen LogP contribution in [0.4, 0.5) is 5.69 Å². The third kappa shape index (κ3) is 3.47. The Balaban J connectivity index is 1.55. The summed E-state index contributed by atoms with van der Waals surface area (Å²) in [5.41, 5.74) is 0.406. The van der Waals surface area contributed by atoms with E-state index in [0.29, 0.717) is 31.1 Å². The van der Waals surface area contributed by atoms with Crippen molar-refractivity contribution in [2.45, 2.75) is 19.9 Å². The topological polar surface area (TPSA) is 101 Å². The van der Waals surface area contributed by atoms with E-state index in [0.717, 1.165) is 27.5 Å². The summed E-state index contributed by atoms with van der Waals surface area (Å²) >= 11 is 0.955. The first-order valence-electron chi connectivity index (χ1n) is 9.73. The molecular formula is C20H23N5O4S. The summed E-state index contributed by atoms with van der Waals surface area (Å²) in [6, 6.07) is 7.53. The lowest BCUT2D eigenvalue weighted by Crippen LogP contribution is -2.48. The average Bonchev–Trinajstić information content (AvgIpc) is 3.17. The van der Waals surface area contributed by atoms with Crippen molar-refractivity contribution in [3.8, 4) is 5.75 Å². The Kier molecular flexibility index (Phi) is 5.33. The van der Waals surface area contributed by atoms with Crippen LogP contribution < -0.4 is 20.9 Å². The Morgan fingerprint density at radius 1 is 1.20 bits per heavy atom. The van der Waals surface area contributed by atoms with Crippen LogP contribution in [-0.4, -0.2) is 58.0 Å². The maximum atomic E-state index is 13.1. The highest BCUT2D eigenvalue weighted by molar-refractivity contribution is 7.09. The van der Waals surface area contributed by atoms with E-state index in [2.05, 4.69) is 14.3 Å². The number of hydrogen-bond donors (Lipinski definition) is 1. The molecule has 0 unspecified atom stereocenters. The van der Waals surface area contributed by atoms with Gasteiger partial charge in [-0.05, 0) is 37.5 Å². The van der Waals surface area contributed by atoms with Gasteiger partial charge in [0.15, 0.2) is 5.52 Å². The van der Waals surface area contributed by atoms with E-state index in [1.54, 1.807) is 25.9 Å². The molecule has 1 aromatic carbocycles. The van der Waals surface area contributed by atoms with Crippen molar-refractivity contribution in [1.82, 2.24) is 18.8 Å². The van der Waals surface area contributed by atoms with E-state index in [9.17, 15) is 14.4 Å². The molecule has 3 aromatic rings. The molecular weight excluding hydrogens is 406 g/mol. The second-order valence-electron chi connectivity index (χ2n) is 7.42. The monoisotopic (exact) mass is 429 g/mol. The van der Waals surface area contributed by atoms with Crippen LogP contribution in [0.5, 0.6) is 5.75 Å². The molecule has 4 rings (SSSR count). The minimum Gasteiger partial charge on any atom is -0.497 e. The molecule has 1 amide bonds. The first-order chi connectivity index (χ1) is 14.4. The van der Waals surface area contributed by atoms with Gasteiger partial charge >= 0.3 is 5.69 Å². The summed E-state index contributed by atoms with van der Waals surface area (Å²) in [4.78, 5) is 44.9. The third-order valence-electron chi connectivity index (χ3n) is 5.26. The highest BCUT2D eigenvalue weighted by Crippen LogP contribution is 2.24. The lowest BCUT2D eigenvalue weighted by atomic mass is 10.2. The van der Waals surface area contributed by atoms with Crippen molar-refractivity contribution in [3.05, 3.63) is 50.0 Å². The number of benzene rings is 1. The van der Waals surface area contributed by atoms with Crippen LogP contribution in [0.15, 0.2) is 33.9 Å². The van der Waals surface area contributed by atoms with Crippen LogP contribution in [0.3, 0.4) is 0 Å². The third-order valence-corrected chi connectivity index (χ3v) is 6.10. The van der Waals surface area contributed by atoms with Gasteiger partial charge in [0.2, 0.25) is 0 Å². The number of nitrogens with zero attached hydrogens (tertiary/aromatic N) is 4. The number of amides is 1. The fraction of sp³-hybridized carbons (Fsp3) is 0.400. The van der Waals surface area contributed by atoms with Gasteiger partial charge in [-0.15, -0.1) is 0 Å². The zero-order valence-corrected chi connectivity index (χ0v) is 17.9. The van der Waals surface area contributed by atoms with E-state index in [4.69, 9.17) is 4.74 Å². The number of anilines is 1. The smallest absolute Gasteiger partial charge is 0.329 e. The zero-order valence-electron chi connectivity index (χ0n) is 17.0. The lowest BCUT2D eigenvalue weighted by Gasteiger charge is -2.36. The van der Waals surface area contributed by atoms with Gasteiger partial charge in [0.25, 0.3) is 11.5 Å². The number of aromatic amines is 1. The van der Waals surface area contributed by atoms with Crippen LogP contribution in [-0.2, 0) is 0 Å². The van der Waals surface area contributed by atoms with Gasteiger partial charge < -0.3 is 19.5 Å². The number of piperazine rings is 1. The molecule has 0 aliphatic carbocycles. The predicted octanol–water partition coefficient (Wildman–Crippen LogP) is 1.70. The summed E-state index contributed by atoms with van der Waals surface area (Å²) in [5.74, 6) is 0.572. The van der Waals surface area contributed by atoms with Crippen molar-refractivity contribution < 1.29 is 9.53 Å². The van der Waals surface area contributed by atoms with Gasteiger partial charge in [-0.3, -0.25) is 14.2 Å². The molecule has 0 spiro atoms. The fourth-order valence-corrected chi connectivity index (χ4v) is 4.46. The van der Waals surface area contributed by atoms with Crippen molar-refractivity contribution in [1.29, 1.82) is 0 Å². The van der Waals surface area contributed by atoms with E-state index >= 15 is 0 Å². The maximum Gasteiger partial charge on any atom is 0.329 e. The highest BCUT2D eigenvalue weighted by atomic mass is 32.1. The lowest BCUT2D eigenvalue weighted by molar-refractivity contribution is 0.0753. The summed E-state index contributed by atoms with van der Waals surface area (Å²) < 4.78 is 10.6. The summed E-state index contributed by atoms with van der Waals surface area (Å²) in [7, 11) is 1.63. The summed E-state index contributed by atoms with van der Waals surface area (Å²) in [6.07, 6.45) is 0. The van der Waals surface area contributed by atoms with E-state index in [1.807, 2.05) is 24.3 Å². The van der Waals surface area contributed by atoms with Crippen LogP contribution in [0.25, 0.3) is 11.0 Å². The predicted molar refractivity (Wildman–Crippen MR) is 116 cm³/mol. The second-order valence-corrected chi connectivity index (χ2v) is 8.19. The number of H-pyrrole nitrogens is 1. The number of ether oxygens (including phenoxy) is 1. The van der Waals surface area contributed by atoms with Crippen LogP contribution in [0.1, 0.15) is 29.6 Å². The molecule has 2 aromatic heterocycles. The number of fused-ring (bicyclic) bond motifs is 1. The molecule has 1 aliphatic rings. The number of aromatic nitrogens is 3. The number of carbonyl (C=O) groups is 1. The maximum absolute atomic E-state index is 13.1. The van der Waals surface area contributed by atoms with Gasteiger partial charge in [-0.2, -0.15) is 4.37 Å². The van der Waals surface area contributed by atoms with Crippen molar-refractivity contribution >= 4 is 34.2 Å². The Bertz CT molecular complexity index is 1200. The molecule has 0 atom stereocenters. The molecule has 1 aliphatic heterocycles. The highest BCUT2D eigenvalue weighted by Gasteiger charge is 2.27. The molecule has 3 heterocycles. The first-order valence-corrected chi connectivity index (χ1v) is 10.5. The van der Waals surface area contributed by atoms with Gasteiger partial charge in [0, 0.05) is 44.0 Å². The molecule has 10 heteroatoms. The van der Waals surface area contributed by atoms with Crippen molar-refractivity contribution in [2.24, 2.45) is 0 Å². The van der Waals surface area contributed by atoms with Gasteiger partial charge in [-0.1, -0.05) is 6.07 Å². The second kappa shape index (κ2) is 7.94. The minimum atomic E-state index is -0.528. The van der Waals surface area contributed by atoms with Crippen molar-refractivity contribution in [2.75, 3.05) is 38.2 Å². The molecule has 0 radical (unpaired) electrons. The average molecular weight is 430 g/mol. The SMILES string of the molecule is COc1cccc(N2CCN(C(=O)c3snc4c(=O)n(C(C)C)c(=O)[nH]c34)CC2)c1. The molecule has 9 nitrogen and oxygen atoms in total. The molecule has 158 valence electrons. The molecule has 30 heavy (non-hydrogen) atoms. The van der Waals surface area contributed by atoms with E-state index in [1.165, 1.54) is 0 Å². The molecule has 1 N–H and O–H groups in total. The number of methoxy groups -OCH3 is 1. The molecule has 1 fully saturated rings. The fourth-order valence-electron chi connectivity index (χ4n) is 3.66. The number of hydrogen-bond acceptors (Lipinski definition) is 7. The molecule has 0 bridgehead atoms. The number of rotatable bonds is 4. The Hall–Kier alpha value is -3.14. The minimum absolute atomic E-state index is 0.131. The summed E-state index contributed by atoms with van der Waals surface area (Å²) in [5, 5.41) is 0. The normalized spacial score (nSPS) is 14.5. The number of nitrogens with one attached hydrogen (secondary N) is 1. The van der Waals surface area contributed by atoms with E-state index < -0.39 is 11.2 Å². The first kappa shape index (κ1) is 20.1. The molecule has 0 saturated carbocycles. The van der Waals surface area contributed by atoms with Crippen LogP contribution >= 0.6 is 11.5 Å². The summed E-state index contributed by atoms with van der Waals surface area (Å²) in [6.45, 7) is 5.91. The molecule has 1 saturated heterocycles. The quantitative estimate of drug-likeness (QED) is 0.678. The van der Waals surface area contributed by atoms with Gasteiger partial charge in [-0.25, -0.2) is 4.79 Å².